The van der Waals surface area contributed by atoms with Crippen molar-refractivity contribution >= 4 is 0 Å². The van der Waals surface area contributed by atoms with Gasteiger partial charge < -0.3 is 10.1 Å². The predicted molar refractivity (Wildman–Crippen MR) is 77.4 cm³/mol. The lowest BCUT2D eigenvalue weighted by atomic mass is 10.2. The quantitative estimate of drug-likeness (QED) is 0.879. The van der Waals surface area contributed by atoms with Gasteiger partial charge in [0, 0.05) is 37.8 Å². The molecule has 0 amide bonds. The van der Waals surface area contributed by atoms with Crippen LogP contribution in [0.4, 0.5) is 0 Å². The first-order valence-corrected chi connectivity index (χ1v) is 7.49. The highest BCUT2D eigenvalue weighted by Crippen LogP contribution is 2.32. The van der Waals surface area contributed by atoms with Gasteiger partial charge in [0.05, 0.1) is 0 Å². The number of benzene rings is 1. The van der Waals surface area contributed by atoms with E-state index in [0.717, 1.165) is 44.5 Å². The largest absolute Gasteiger partial charge is 0.492 e. The average Bonchev–Trinajstić information content (AvgIpc) is 3.25. The van der Waals surface area contributed by atoms with Crippen LogP contribution in [0.5, 0.6) is 5.75 Å². The normalized spacial score (nSPS) is 21.3. The van der Waals surface area contributed by atoms with Crippen molar-refractivity contribution in [3.63, 3.8) is 0 Å². The van der Waals surface area contributed by atoms with Crippen LogP contribution in [0.25, 0.3) is 0 Å². The second kappa shape index (κ2) is 5.93. The lowest BCUT2D eigenvalue weighted by Gasteiger charge is -2.21. The number of fused-ring (bicyclic) bond motifs is 1. The fraction of sp³-hybridized carbons (Fsp3) is 0.625. The summed E-state index contributed by atoms with van der Waals surface area (Å²) in [4.78, 5) is 2.48. The molecule has 3 nitrogen and oxygen atoms in total. The standard InChI is InChI=1S/C16H24N2O/c1-13(14-6-7-14)17-8-9-18-10-11-19-16-5-3-2-4-15(16)12-18/h2-5,13-14,17H,6-12H2,1H3. The van der Waals surface area contributed by atoms with Crippen molar-refractivity contribution in [3.05, 3.63) is 29.8 Å². The molecule has 0 radical (unpaired) electrons. The molecule has 3 rings (SSSR count). The molecule has 1 atom stereocenters. The van der Waals surface area contributed by atoms with Crippen LogP contribution in [-0.2, 0) is 6.54 Å². The van der Waals surface area contributed by atoms with Gasteiger partial charge in [0.15, 0.2) is 0 Å². The summed E-state index contributed by atoms with van der Waals surface area (Å²) in [7, 11) is 0. The number of rotatable bonds is 5. The van der Waals surface area contributed by atoms with Crippen LogP contribution in [0.2, 0.25) is 0 Å². The molecule has 1 heterocycles. The molecular formula is C16H24N2O. The summed E-state index contributed by atoms with van der Waals surface area (Å²) >= 11 is 0. The third-order valence-electron chi connectivity index (χ3n) is 4.26. The van der Waals surface area contributed by atoms with Gasteiger partial charge in [0.1, 0.15) is 12.4 Å². The summed E-state index contributed by atoms with van der Waals surface area (Å²) in [6.45, 7) is 7.34. The van der Waals surface area contributed by atoms with Gasteiger partial charge in [-0.15, -0.1) is 0 Å². The molecule has 1 aromatic rings. The molecular weight excluding hydrogens is 236 g/mol. The fourth-order valence-electron chi connectivity index (χ4n) is 2.78. The maximum Gasteiger partial charge on any atom is 0.123 e. The molecule has 1 N–H and O–H groups in total. The summed E-state index contributed by atoms with van der Waals surface area (Å²) in [6.07, 6.45) is 2.83. The van der Waals surface area contributed by atoms with Gasteiger partial charge in [-0.2, -0.15) is 0 Å². The second-order valence-corrected chi connectivity index (χ2v) is 5.81. The van der Waals surface area contributed by atoms with Crippen molar-refractivity contribution in [1.82, 2.24) is 10.2 Å². The predicted octanol–water partition coefficient (Wildman–Crippen LogP) is 2.27. The number of hydrogen-bond acceptors (Lipinski definition) is 3. The molecule has 1 aliphatic carbocycles. The zero-order valence-electron chi connectivity index (χ0n) is 11.8. The van der Waals surface area contributed by atoms with Crippen LogP contribution in [0.3, 0.4) is 0 Å². The first kappa shape index (κ1) is 12.9. The van der Waals surface area contributed by atoms with E-state index in [1.807, 2.05) is 6.07 Å². The van der Waals surface area contributed by atoms with Gasteiger partial charge in [-0.1, -0.05) is 18.2 Å². The van der Waals surface area contributed by atoms with Crippen LogP contribution < -0.4 is 10.1 Å². The SMILES string of the molecule is CC(NCCN1CCOc2ccccc2C1)C1CC1. The van der Waals surface area contributed by atoms with E-state index in [1.54, 1.807) is 0 Å². The van der Waals surface area contributed by atoms with Crippen molar-refractivity contribution in [2.45, 2.75) is 32.4 Å². The average molecular weight is 260 g/mol. The van der Waals surface area contributed by atoms with E-state index in [-0.39, 0.29) is 0 Å². The highest BCUT2D eigenvalue weighted by molar-refractivity contribution is 5.33. The molecule has 1 aliphatic heterocycles. The summed E-state index contributed by atoms with van der Waals surface area (Å²) in [6, 6.07) is 9.09. The number of hydrogen-bond donors (Lipinski definition) is 1. The molecule has 0 spiro atoms. The smallest absolute Gasteiger partial charge is 0.123 e. The Bertz CT molecular complexity index is 417. The Hall–Kier alpha value is -1.06. The minimum absolute atomic E-state index is 0.690. The van der Waals surface area contributed by atoms with E-state index >= 15 is 0 Å². The van der Waals surface area contributed by atoms with E-state index in [1.165, 1.54) is 18.4 Å². The summed E-state index contributed by atoms with van der Waals surface area (Å²) in [5, 5.41) is 3.65. The Morgan fingerprint density at radius 1 is 1.37 bits per heavy atom. The third kappa shape index (κ3) is 3.48. The molecule has 0 saturated heterocycles. The van der Waals surface area contributed by atoms with Crippen LogP contribution in [0, 0.1) is 5.92 Å². The van der Waals surface area contributed by atoms with Crippen molar-refractivity contribution in [3.8, 4) is 5.75 Å². The molecule has 0 bridgehead atoms. The topological polar surface area (TPSA) is 24.5 Å². The lowest BCUT2D eigenvalue weighted by molar-refractivity contribution is 0.223. The molecule has 1 unspecified atom stereocenters. The number of nitrogens with zero attached hydrogens (tertiary/aromatic N) is 1. The van der Waals surface area contributed by atoms with Crippen molar-refractivity contribution < 1.29 is 4.74 Å². The highest BCUT2D eigenvalue weighted by atomic mass is 16.5. The van der Waals surface area contributed by atoms with E-state index in [0.29, 0.717) is 6.04 Å². The molecule has 0 aromatic heterocycles. The Morgan fingerprint density at radius 3 is 3.05 bits per heavy atom. The molecule has 2 aliphatic rings. The van der Waals surface area contributed by atoms with E-state index < -0.39 is 0 Å². The van der Waals surface area contributed by atoms with Crippen LogP contribution >= 0.6 is 0 Å². The fourth-order valence-corrected chi connectivity index (χ4v) is 2.78. The van der Waals surface area contributed by atoms with Gasteiger partial charge in [0.25, 0.3) is 0 Å². The first-order valence-electron chi connectivity index (χ1n) is 7.49. The van der Waals surface area contributed by atoms with Gasteiger partial charge in [-0.05, 0) is 31.7 Å². The van der Waals surface area contributed by atoms with Crippen molar-refractivity contribution in [2.75, 3.05) is 26.2 Å². The van der Waals surface area contributed by atoms with E-state index in [4.69, 9.17) is 4.74 Å². The minimum Gasteiger partial charge on any atom is -0.492 e. The van der Waals surface area contributed by atoms with Gasteiger partial charge in [0.2, 0.25) is 0 Å². The van der Waals surface area contributed by atoms with Crippen LogP contribution in [0.1, 0.15) is 25.3 Å². The zero-order valence-corrected chi connectivity index (χ0v) is 11.8. The maximum absolute atomic E-state index is 5.79. The molecule has 1 saturated carbocycles. The summed E-state index contributed by atoms with van der Waals surface area (Å²) in [5.41, 5.74) is 1.32. The highest BCUT2D eigenvalue weighted by Gasteiger charge is 2.27. The van der Waals surface area contributed by atoms with E-state index in [2.05, 4.69) is 35.3 Å². The number of ether oxygens (including phenoxy) is 1. The molecule has 104 valence electrons. The number of para-hydroxylation sites is 1. The van der Waals surface area contributed by atoms with Crippen LogP contribution in [0.15, 0.2) is 24.3 Å². The van der Waals surface area contributed by atoms with Gasteiger partial charge in [-0.3, -0.25) is 4.90 Å². The Morgan fingerprint density at radius 2 is 2.21 bits per heavy atom. The minimum atomic E-state index is 0.690. The maximum atomic E-state index is 5.79. The van der Waals surface area contributed by atoms with Crippen molar-refractivity contribution in [1.29, 1.82) is 0 Å². The second-order valence-electron chi connectivity index (χ2n) is 5.81. The Kier molecular flexibility index (Phi) is 4.04. The van der Waals surface area contributed by atoms with Gasteiger partial charge in [-0.25, -0.2) is 0 Å². The lowest BCUT2D eigenvalue weighted by Crippen LogP contribution is -2.37. The van der Waals surface area contributed by atoms with Crippen molar-refractivity contribution in [2.24, 2.45) is 5.92 Å². The third-order valence-corrected chi connectivity index (χ3v) is 4.26. The van der Waals surface area contributed by atoms with E-state index in [9.17, 15) is 0 Å². The zero-order chi connectivity index (χ0) is 13.1. The molecule has 19 heavy (non-hydrogen) atoms. The Labute approximate surface area is 115 Å². The molecule has 3 heteroatoms. The van der Waals surface area contributed by atoms with Crippen LogP contribution in [-0.4, -0.2) is 37.2 Å². The Balaban J connectivity index is 1.48. The first-order chi connectivity index (χ1) is 9.33. The summed E-state index contributed by atoms with van der Waals surface area (Å²) < 4.78 is 5.79. The number of nitrogens with one attached hydrogen (secondary N) is 1. The molecule has 1 aromatic carbocycles. The van der Waals surface area contributed by atoms with Gasteiger partial charge >= 0.3 is 0 Å². The molecule has 1 fully saturated rings. The monoisotopic (exact) mass is 260 g/mol. The summed E-state index contributed by atoms with van der Waals surface area (Å²) in [5.74, 6) is 2.00.